The summed E-state index contributed by atoms with van der Waals surface area (Å²) < 4.78 is 0. The van der Waals surface area contributed by atoms with E-state index in [4.69, 9.17) is 17.3 Å². The van der Waals surface area contributed by atoms with E-state index in [2.05, 4.69) is 15.6 Å². The van der Waals surface area contributed by atoms with E-state index in [0.29, 0.717) is 25.8 Å². The fourth-order valence-electron chi connectivity index (χ4n) is 3.32. The first-order chi connectivity index (χ1) is 14.5. The van der Waals surface area contributed by atoms with Crippen LogP contribution in [0.25, 0.3) is 6.08 Å². The number of nitrogens with two attached hydrogens (primary N) is 1. The number of halogens is 1. The molecule has 1 aliphatic rings. The number of rotatable bonds is 9. The van der Waals surface area contributed by atoms with Gasteiger partial charge in [0.1, 0.15) is 6.04 Å². The fourth-order valence-corrected chi connectivity index (χ4v) is 4.71. The monoisotopic (exact) mass is 446 g/mol. The van der Waals surface area contributed by atoms with Crippen molar-refractivity contribution in [2.24, 2.45) is 5.73 Å². The predicted molar refractivity (Wildman–Crippen MR) is 121 cm³/mol. The van der Waals surface area contributed by atoms with Gasteiger partial charge in [0.15, 0.2) is 0 Å². The van der Waals surface area contributed by atoms with Gasteiger partial charge in [-0.1, -0.05) is 48.9 Å². The quantitative estimate of drug-likeness (QED) is 0.551. The molecule has 1 aliphatic carbocycles. The number of thiazole rings is 1. The number of hydrogen-bond acceptors (Lipinski definition) is 5. The fraction of sp³-hybridized carbons (Fsp3) is 0.409. The summed E-state index contributed by atoms with van der Waals surface area (Å²) in [5, 5.41) is 7.46. The van der Waals surface area contributed by atoms with E-state index in [-0.39, 0.29) is 17.9 Å². The highest BCUT2D eigenvalue weighted by atomic mass is 35.5. The van der Waals surface area contributed by atoms with Gasteiger partial charge in [-0.05, 0) is 30.9 Å². The molecule has 30 heavy (non-hydrogen) atoms. The number of nitrogens with zero attached hydrogens (tertiary/aromatic N) is 1. The van der Waals surface area contributed by atoms with Crippen LogP contribution in [0.3, 0.4) is 0 Å². The molecule has 2 amide bonds. The number of carbonyl (C=O) groups excluding carboxylic acids is 2. The maximum Gasteiger partial charge on any atom is 0.243 e. The van der Waals surface area contributed by atoms with Crippen molar-refractivity contribution in [1.82, 2.24) is 15.6 Å². The maximum absolute atomic E-state index is 13.0. The highest BCUT2D eigenvalue weighted by molar-refractivity contribution is 7.12. The number of fused-ring (bicyclic) bond motifs is 1. The van der Waals surface area contributed by atoms with Crippen LogP contribution in [-0.2, 0) is 28.9 Å². The van der Waals surface area contributed by atoms with Gasteiger partial charge in [-0.2, -0.15) is 0 Å². The minimum atomic E-state index is -0.700. The van der Waals surface area contributed by atoms with Gasteiger partial charge in [0.05, 0.1) is 15.6 Å². The van der Waals surface area contributed by atoms with Crippen molar-refractivity contribution in [2.75, 3.05) is 6.54 Å². The van der Waals surface area contributed by atoms with E-state index in [1.54, 1.807) is 6.92 Å². The Morgan fingerprint density at radius 1 is 1.20 bits per heavy atom. The summed E-state index contributed by atoms with van der Waals surface area (Å²) in [4.78, 5) is 30.8. The smallest absolute Gasteiger partial charge is 0.243 e. The lowest BCUT2D eigenvalue weighted by molar-refractivity contribution is -0.129. The molecule has 2 aromatic rings. The number of carbonyl (C=O) groups is 2. The number of benzene rings is 1. The zero-order chi connectivity index (χ0) is 21.5. The van der Waals surface area contributed by atoms with Crippen molar-refractivity contribution in [1.29, 1.82) is 0 Å². The van der Waals surface area contributed by atoms with Gasteiger partial charge in [-0.3, -0.25) is 9.59 Å². The first kappa shape index (κ1) is 22.5. The molecule has 0 bridgehead atoms. The van der Waals surface area contributed by atoms with E-state index in [1.165, 1.54) is 11.3 Å². The van der Waals surface area contributed by atoms with Crippen LogP contribution in [0.1, 0.15) is 40.9 Å². The Kier molecular flexibility index (Phi) is 8.01. The van der Waals surface area contributed by atoms with E-state index >= 15 is 0 Å². The minimum absolute atomic E-state index is 0.174. The summed E-state index contributed by atoms with van der Waals surface area (Å²) in [5.41, 5.74) is 8.00. The molecular weight excluding hydrogens is 420 g/mol. The number of amides is 2. The Hall–Kier alpha value is -2.22. The number of hydrogen-bond donors (Lipinski definition) is 3. The van der Waals surface area contributed by atoms with E-state index in [1.807, 2.05) is 36.4 Å². The topological polar surface area (TPSA) is 97.1 Å². The van der Waals surface area contributed by atoms with Crippen LogP contribution >= 0.6 is 22.9 Å². The molecule has 1 aromatic carbocycles. The number of allylic oxidation sites excluding steroid dienone is 1. The molecule has 1 aromatic heterocycles. The van der Waals surface area contributed by atoms with E-state index < -0.39 is 6.04 Å². The van der Waals surface area contributed by atoms with Gasteiger partial charge in [-0.15, -0.1) is 11.3 Å². The molecule has 4 N–H and O–H groups in total. The average molecular weight is 447 g/mol. The van der Waals surface area contributed by atoms with Crippen molar-refractivity contribution in [3.05, 3.63) is 56.5 Å². The second kappa shape index (κ2) is 10.7. The summed E-state index contributed by atoms with van der Waals surface area (Å²) in [5.74, 6) is -0.420. The third kappa shape index (κ3) is 6.14. The summed E-state index contributed by atoms with van der Waals surface area (Å²) in [6, 6.07) is 8.96. The molecule has 0 saturated heterocycles. The minimum Gasteiger partial charge on any atom is -0.350 e. The largest absolute Gasteiger partial charge is 0.350 e. The van der Waals surface area contributed by atoms with Crippen LogP contribution in [-0.4, -0.2) is 35.4 Å². The first-order valence-electron chi connectivity index (χ1n) is 10.2. The van der Waals surface area contributed by atoms with Crippen LogP contribution in [0.5, 0.6) is 0 Å². The molecule has 0 radical (unpaired) electrons. The number of nitrogens with one attached hydrogen (secondary N) is 2. The van der Waals surface area contributed by atoms with Gasteiger partial charge in [-0.25, -0.2) is 4.98 Å². The van der Waals surface area contributed by atoms with Crippen LogP contribution in [0, 0.1) is 0 Å². The van der Waals surface area contributed by atoms with Gasteiger partial charge >= 0.3 is 0 Å². The zero-order valence-corrected chi connectivity index (χ0v) is 18.6. The van der Waals surface area contributed by atoms with E-state index in [0.717, 1.165) is 39.0 Å². The Bertz CT molecular complexity index is 913. The van der Waals surface area contributed by atoms with Crippen molar-refractivity contribution in [2.45, 2.75) is 51.1 Å². The molecule has 1 heterocycles. The Balaban J connectivity index is 1.70. The summed E-state index contributed by atoms with van der Waals surface area (Å²) in [7, 11) is 0. The van der Waals surface area contributed by atoms with Crippen LogP contribution in [0.2, 0.25) is 0 Å². The highest BCUT2D eigenvalue weighted by Gasteiger charge is 2.25. The molecule has 0 fully saturated rings. The first-order valence-corrected chi connectivity index (χ1v) is 11.4. The van der Waals surface area contributed by atoms with E-state index in [9.17, 15) is 9.59 Å². The molecule has 3 rings (SSSR count). The van der Waals surface area contributed by atoms with Crippen molar-refractivity contribution < 1.29 is 9.59 Å². The predicted octanol–water partition coefficient (Wildman–Crippen LogP) is 2.79. The highest BCUT2D eigenvalue weighted by Crippen LogP contribution is 2.30. The summed E-state index contributed by atoms with van der Waals surface area (Å²) in [6.07, 6.45) is 4.79. The number of aryl methyl sites for hydroxylation is 1. The molecule has 2 unspecified atom stereocenters. The Morgan fingerprint density at radius 2 is 1.97 bits per heavy atom. The zero-order valence-electron chi connectivity index (χ0n) is 17.0. The molecule has 0 aliphatic heterocycles. The maximum atomic E-state index is 13.0. The average Bonchev–Trinajstić information content (AvgIpc) is 3.14. The number of aromatic nitrogens is 1. The molecular formula is C22H27ClN4O2S. The standard InChI is InChI=1S/C22H27ClN4O2S/c1-2-20(28)26-18(12-21-27-17-9-8-15(23)11-19(17)30-21)22(29)25-16(13-24)10-14-6-4-3-5-7-14/h3-7,11,16,18H,2,8-10,12-13,24H2,1H3,(H,25,29)(H,26,28). The molecule has 2 atom stereocenters. The van der Waals surface area contributed by atoms with Gasteiger partial charge in [0.2, 0.25) is 11.8 Å². The third-order valence-corrected chi connectivity index (χ3v) is 6.33. The van der Waals surface area contributed by atoms with Crippen molar-refractivity contribution in [3.8, 4) is 0 Å². The SMILES string of the molecule is CCC(=O)NC(Cc1nc2c(s1)C=C(Cl)CC2)C(=O)NC(CN)Cc1ccccc1. The lowest BCUT2D eigenvalue weighted by Gasteiger charge is -2.22. The molecule has 0 saturated carbocycles. The van der Waals surface area contributed by atoms with Gasteiger partial charge in [0, 0.05) is 30.5 Å². The second-order valence-corrected chi connectivity index (χ2v) is 8.92. The van der Waals surface area contributed by atoms with Gasteiger partial charge in [0.25, 0.3) is 0 Å². The third-order valence-electron chi connectivity index (χ3n) is 4.97. The lowest BCUT2D eigenvalue weighted by Crippen LogP contribution is -2.52. The second-order valence-electron chi connectivity index (χ2n) is 7.32. The molecule has 8 heteroatoms. The summed E-state index contributed by atoms with van der Waals surface area (Å²) in [6.45, 7) is 2.07. The van der Waals surface area contributed by atoms with Gasteiger partial charge < -0.3 is 16.4 Å². The van der Waals surface area contributed by atoms with Crippen LogP contribution < -0.4 is 16.4 Å². The van der Waals surface area contributed by atoms with Crippen LogP contribution in [0.15, 0.2) is 35.4 Å². The van der Waals surface area contributed by atoms with Crippen LogP contribution in [0.4, 0.5) is 0 Å². The Morgan fingerprint density at radius 3 is 2.67 bits per heavy atom. The van der Waals surface area contributed by atoms with Crippen molar-refractivity contribution in [3.63, 3.8) is 0 Å². The Labute approximate surface area is 185 Å². The molecule has 160 valence electrons. The lowest BCUT2D eigenvalue weighted by atomic mass is 10.1. The summed E-state index contributed by atoms with van der Waals surface area (Å²) >= 11 is 7.66. The molecule has 0 spiro atoms. The normalized spacial score (nSPS) is 15.0. The van der Waals surface area contributed by atoms with Crippen molar-refractivity contribution >= 4 is 40.8 Å². The molecule has 6 nitrogen and oxygen atoms in total.